The average molecular weight is 296 g/mol. The lowest BCUT2D eigenvalue weighted by atomic mass is 10.1. The number of aromatic amines is 1. The molecule has 0 fully saturated rings. The fourth-order valence-corrected chi connectivity index (χ4v) is 2.34. The molecule has 0 saturated heterocycles. The number of nitrogens with one attached hydrogen (secondary N) is 1. The van der Waals surface area contributed by atoms with Crippen molar-refractivity contribution >= 4 is 32.8 Å². The zero-order chi connectivity index (χ0) is 12.6. The van der Waals surface area contributed by atoms with Gasteiger partial charge in [0.15, 0.2) is 5.43 Å². The molecule has 0 unspecified atom stereocenters. The highest BCUT2D eigenvalue weighted by Crippen LogP contribution is 2.22. The van der Waals surface area contributed by atoms with E-state index in [1.807, 2.05) is 13.0 Å². The summed E-state index contributed by atoms with van der Waals surface area (Å²) in [5.74, 6) is -0.559. The summed E-state index contributed by atoms with van der Waals surface area (Å²) >= 11 is 3.36. The van der Waals surface area contributed by atoms with Gasteiger partial charge in [0.25, 0.3) is 0 Å². The number of carbonyl (C=O) groups is 1. The van der Waals surface area contributed by atoms with E-state index in [1.165, 1.54) is 13.2 Å². The molecular formula is C12H10BrNO3. The van der Waals surface area contributed by atoms with E-state index in [1.54, 1.807) is 6.07 Å². The molecule has 0 aliphatic carbocycles. The molecule has 1 heterocycles. The van der Waals surface area contributed by atoms with Crippen LogP contribution in [-0.4, -0.2) is 18.1 Å². The van der Waals surface area contributed by atoms with Crippen molar-refractivity contribution in [3.63, 3.8) is 0 Å². The lowest BCUT2D eigenvalue weighted by Crippen LogP contribution is -2.11. The smallest absolute Gasteiger partial charge is 0.354 e. The number of H-pyrrole nitrogens is 1. The highest BCUT2D eigenvalue weighted by molar-refractivity contribution is 9.10. The summed E-state index contributed by atoms with van der Waals surface area (Å²) in [5.41, 5.74) is 1.52. The summed E-state index contributed by atoms with van der Waals surface area (Å²) in [5, 5.41) is 0.546. The third kappa shape index (κ3) is 2.10. The van der Waals surface area contributed by atoms with Gasteiger partial charge in [0.2, 0.25) is 0 Å². The van der Waals surface area contributed by atoms with E-state index >= 15 is 0 Å². The number of pyridine rings is 1. The molecule has 0 amide bonds. The Kier molecular flexibility index (Phi) is 3.02. The van der Waals surface area contributed by atoms with Crippen LogP contribution in [0.5, 0.6) is 0 Å². The van der Waals surface area contributed by atoms with Gasteiger partial charge in [0.1, 0.15) is 5.69 Å². The Bertz CT molecular complexity index is 661. The van der Waals surface area contributed by atoms with E-state index in [4.69, 9.17) is 0 Å². The van der Waals surface area contributed by atoms with Crippen molar-refractivity contribution in [2.24, 2.45) is 0 Å². The summed E-state index contributed by atoms with van der Waals surface area (Å²) in [4.78, 5) is 26.1. The number of esters is 1. The molecule has 0 aliphatic heterocycles. The van der Waals surface area contributed by atoms with Gasteiger partial charge in [0, 0.05) is 15.9 Å². The van der Waals surface area contributed by atoms with Crippen molar-refractivity contribution in [3.8, 4) is 0 Å². The van der Waals surface area contributed by atoms with E-state index in [-0.39, 0.29) is 11.1 Å². The number of halogens is 1. The van der Waals surface area contributed by atoms with E-state index in [0.29, 0.717) is 10.9 Å². The highest BCUT2D eigenvalue weighted by Gasteiger charge is 2.11. The molecular weight excluding hydrogens is 286 g/mol. The number of fused-ring (bicyclic) bond motifs is 1. The molecule has 5 heteroatoms. The maximum absolute atomic E-state index is 11.9. The molecule has 4 nitrogen and oxygen atoms in total. The zero-order valence-electron chi connectivity index (χ0n) is 9.33. The number of ether oxygens (including phenoxy) is 1. The van der Waals surface area contributed by atoms with Crippen LogP contribution >= 0.6 is 15.9 Å². The molecule has 0 spiro atoms. The summed E-state index contributed by atoms with van der Waals surface area (Å²) in [6, 6.07) is 4.90. The first kappa shape index (κ1) is 11.9. The minimum absolute atomic E-state index is 0.148. The average Bonchev–Trinajstić information content (AvgIpc) is 2.29. The maximum Gasteiger partial charge on any atom is 0.354 e. The number of aryl methyl sites for hydroxylation is 1. The second-order valence-electron chi connectivity index (χ2n) is 3.71. The van der Waals surface area contributed by atoms with Crippen LogP contribution in [0.15, 0.2) is 27.5 Å². The van der Waals surface area contributed by atoms with Crippen molar-refractivity contribution in [3.05, 3.63) is 44.2 Å². The lowest BCUT2D eigenvalue weighted by molar-refractivity contribution is 0.0594. The van der Waals surface area contributed by atoms with Gasteiger partial charge in [-0.2, -0.15) is 0 Å². The van der Waals surface area contributed by atoms with Gasteiger partial charge >= 0.3 is 5.97 Å². The fraction of sp³-hybridized carbons (Fsp3) is 0.167. The van der Waals surface area contributed by atoms with Crippen LogP contribution in [0.3, 0.4) is 0 Å². The predicted octanol–water partition coefficient (Wildman–Crippen LogP) is 2.39. The van der Waals surface area contributed by atoms with Gasteiger partial charge in [-0.25, -0.2) is 4.79 Å². The Morgan fingerprint density at radius 2 is 2.06 bits per heavy atom. The largest absolute Gasteiger partial charge is 0.464 e. The Hall–Kier alpha value is -1.62. The Morgan fingerprint density at radius 1 is 1.35 bits per heavy atom. The van der Waals surface area contributed by atoms with Crippen molar-refractivity contribution < 1.29 is 9.53 Å². The van der Waals surface area contributed by atoms with E-state index in [0.717, 1.165) is 10.0 Å². The Labute approximate surface area is 106 Å². The molecule has 88 valence electrons. The molecule has 0 radical (unpaired) electrons. The number of carbonyl (C=O) groups excluding carboxylic acids is 1. The SMILES string of the molecule is COC(=O)c1cc(=O)c2cc(C)cc(Br)c2[nH]1. The number of hydrogen-bond donors (Lipinski definition) is 1. The quantitative estimate of drug-likeness (QED) is 0.822. The van der Waals surface area contributed by atoms with Crippen molar-refractivity contribution in [1.82, 2.24) is 4.98 Å². The predicted molar refractivity (Wildman–Crippen MR) is 68.3 cm³/mol. The first-order valence-corrected chi connectivity index (χ1v) is 5.73. The van der Waals surface area contributed by atoms with Gasteiger partial charge in [-0.15, -0.1) is 0 Å². The first-order chi connectivity index (χ1) is 8.02. The molecule has 0 bridgehead atoms. The number of rotatable bonds is 1. The van der Waals surface area contributed by atoms with E-state index in [2.05, 4.69) is 25.7 Å². The summed E-state index contributed by atoms with van der Waals surface area (Å²) in [6.45, 7) is 1.90. The molecule has 0 aliphatic rings. The third-order valence-corrected chi connectivity index (χ3v) is 3.07. The fourth-order valence-electron chi connectivity index (χ4n) is 1.66. The molecule has 1 aromatic heterocycles. The standard InChI is InChI=1S/C12H10BrNO3/c1-6-3-7-10(15)5-9(12(16)17-2)14-11(7)8(13)4-6/h3-5H,1-2H3,(H,14,15). The molecule has 1 N–H and O–H groups in total. The van der Waals surface area contributed by atoms with Gasteiger partial charge in [0.05, 0.1) is 12.6 Å². The van der Waals surface area contributed by atoms with Gasteiger partial charge < -0.3 is 9.72 Å². The normalized spacial score (nSPS) is 10.5. The van der Waals surface area contributed by atoms with Crippen LogP contribution in [0.2, 0.25) is 0 Å². The minimum Gasteiger partial charge on any atom is -0.464 e. The number of aromatic nitrogens is 1. The van der Waals surface area contributed by atoms with E-state index in [9.17, 15) is 9.59 Å². The topological polar surface area (TPSA) is 59.2 Å². The van der Waals surface area contributed by atoms with Crippen molar-refractivity contribution in [2.45, 2.75) is 6.92 Å². The van der Waals surface area contributed by atoms with Crippen LogP contribution in [0, 0.1) is 6.92 Å². The monoisotopic (exact) mass is 295 g/mol. The number of benzene rings is 1. The third-order valence-electron chi connectivity index (χ3n) is 2.44. The maximum atomic E-state index is 11.9. The molecule has 17 heavy (non-hydrogen) atoms. The summed E-state index contributed by atoms with van der Waals surface area (Å²) in [7, 11) is 1.27. The molecule has 0 atom stereocenters. The molecule has 1 aromatic carbocycles. The zero-order valence-corrected chi connectivity index (χ0v) is 10.9. The van der Waals surface area contributed by atoms with Crippen LogP contribution in [0.4, 0.5) is 0 Å². The number of methoxy groups -OCH3 is 1. The second kappa shape index (κ2) is 4.33. The van der Waals surface area contributed by atoms with Gasteiger partial charge in [-0.05, 0) is 40.5 Å². The van der Waals surface area contributed by atoms with E-state index < -0.39 is 5.97 Å². The van der Waals surface area contributed by atoms with Gasteiger partial charge in [-0.1, -0.05) is 0 Å². The second-order valence-corrected chi connectivity index (χ2v) is 4.56. The number of hydrogen-bond acceptors (Lipinski definition) is 3. The first-order valence-electron chi connectivity index (χ1n) is 4.94. The molecule has 2 rings (SSSR count). The highest BCUT2D eigenvalue weighted by atomic mass is 79.9. The molecule has 0 saturated carbocycles. The van der Waals surface area contributed by atoms with Gasteiger partial charge in [-0.3, -0.25) is 4.79 Å². The molecule has 2 aromatic rings. The van der Waals surface area contributed by atoms with Crippen molar-refractivity contribution in [2.75, 3.05) is 7.11 Å². The van der Waals surface area contributed by atoms with Crippen LogP contribution < -0.4 is 5.43 Å². The van der Waals surface area contributed by atoms with Crippen molar-refractivity contribution in [1.29, 1.82) is 0 Å². The minimum atomic E-state index is -0.559. The van der Waals surface area contributed by atoms with Crippen LogP contribution in [0.1, 0.15) is 16.1 Å². The summed E-state index contributed by atoms with van der Waals surface area (Å²) < 4.78 is 5.33. The summed E-state index contributed by atoms with van der Waals surface area (Å²) in [6.07, 6.45) is 0. The van der Waals surface area contributed by atoms with Crippen LogP contribution in [0.25, 0.3) is 10.9 Å². The Morgan fingerprint density at radius 3 is 2.71 bits per heavy atom. The lowest BCUT2D eigenvalue weighted by Gasteiger charge is -2.05. The Balaban J connectivity index is 2.82. The van der Waals surface area contributed by atoms with Crippen LogP contribution in [-0.2, 0) is 4.74 Å².